The summed E-state index contributed by atoms with van der Waals surface area (Å²) < 4.78 is 1.75. The summed E-state index contributed by atoms with van der Waals surface area (Å²) >= 11 is 0. The molecule has 16 heavy (non-hydrogen) atoms. The van der Waals surface area contributed by atoms with Crippen molar-refractivity contribution < 1.29 is 14.7 Å². The van der Waals surface area contributed by atoms with E-state index in [4.69, 9.17) is 5.11 Å². The number of aliphatic carboxylic acids is 1. The predicted molar refractivity (Wildman–Crippen MR) is 54.5 cm³/mol. The molecule has 1 amide bonds. The molecule has 2 atom stereocenters. The van der Waals surface area contributed by atoms with Gasteiger partial charge in [0, 0.05) is 32.9 Å². The predicted octanol–water partition coefficient (Wildman–Crippen LogP) is 0.0241. The van der Waals surface area contributed by atoms with Gasteiger partial charge in [-0.3, -0.25) is 9.59 Å². The third-order valence-electron chi connectivity index (χ3n) is 3.03. The van der Waals surface area contributed by atoms with Crippen molar-refractivity contribution in [2.75, 3.05) is 7.05 Å². The van der Waals surface area contributed by atoms with Crippen molar-refractivity contribution in [1.82, 2.24) is 14.5 Å². The minimum atomic E-state index is -0.953. The summed E-state index contributed by atoms with van der Waals surface area (Å²) in [5, 5.41) is 9.09. The quantitative estimate of drug-likeness (QED) is 0.767. The van der Waals surface area contributed by atoms with E-state index in [2.05, 4.69) is 4.98 Å². The number of imidazole rings is 1. The Bertz CT molecular complexity index is 440. The molecule has 86 valence electrons. The van der Waals surface area contributed by atoms with E-state index in [1.165, 1.54) is 4.90 Å². The fourth-order valence-corrected chi connectivity index (χ4v) is 2.11. The molecule has 1 N–H and O–H groups in total. The van der Waals surface area contributed by atoms with Crippen LogP contribution in [0.5, 0.6) is 0 Å². The fraction of sp³-hybridized carbons (Fsp3) is 0.500. The number of rotatable bonds is 2. The molecular weight excluding hydrogens is 210 g/mol. The lowest BCUT2D eigenvalue weighted by Gasteiger charge is -2.22. The number of amides is 1. The second-order valence-corrected chi connectivity index (χ2v) is 3.99. The Morgan fingerprint density at radius 2 is 2.25 bits per heavy atom. The number of hydrogen-bond donors (Lipinski definition) is 1. The number of hydrogen-bond acceptors (Lipinski definition) is 3. The minimum Gasteiger partial charge on any atom is -0.481 e. The SMILES string of the molecule is CN1C(=O)C[C@H](C(=O)O)[C@H]1c1nccn1C. The van der Waals surface area contributed by atoms with E-state index in [0.717, 1.165) is 0 Å². The van der Waals surface area contributed by atoms with Gasteiger partial charge in [-0.15, -0.1) is 0 Å². The average molecular weight is 223 g/mol. The zero-order chi connectivity index (χ0) is 11.9. The Morgan fingerprint density at radius 3 is 2.75 bits per heavy atom. The molecule has 1 aromatic heterocycles. The molecular formula is C10H13N3O3. The van der Waals surface area contributed by atoms with Gasteiger partial charge in [0.15, 0.2) is 0 Å². The Kier molecular flexibility index (Phi) is 2.41. The van der Waals surface area contributed by atoms with Crippen LogP contribution < -0.4 is 0 Å². The first kappa shape index (κ1) is 10.7. The van der Waals surface area contributed by atoms with Crippen molar-refractivity contribution in [1.29, 1.82) is 0 Å². The van der Waals surface area contributed by atoms with Crippen LogP contribution >= 0.6 is 0 Å². The van der Waals surface area contributed by atoms with Gasteiger partial charge in [0.05, 0.1) is 5.92 Å². The van der Waals surface area contributed by atoms with Crippen LogP contribution in [0.15, 0.2) is 12.4 Å². The monoisotopic (exact) mass is 223 g/mol. The van der Waals surface area contributed by atoms with Crippen LogP contribution in [0.2, 0.25) is 0 Å². The smallest absolute Gasteiger partial charge is 0.309 e. The highest BCUT2D eigenvalue weighted by Crippen LogP contribution is 2.35. The maximum absolute atomic E-state index is 11.5. The number of aryl methyl sites for hydroxylation is 1. The molecule has 0 aliphatic carbocycles. The van der Waals surface area contributed by atoms with Gasteiger partial charge in [-0.25, -0.2) is 4.98 Å². The molecule has 1 aliphatic heterocycles. The number of carboxylic acid groups (broad SMARTS) is 1. The van der Waals surface area contributed by atoms with Crippen LogP contribution in [0.1, 0.15) is 18.3 Å². The van der Waals surface area contributed by atoms with Gasteiger partial charge in [-0.1, -0.05) is 0 Å². The van der Waals surface area contributed by atoms with Gasteiger partial charge in [0.1, 0.15) is 11.9 Å². The first-order valence-corrected chi connectivity index (χ1v) is 4.98. The van der Waals surface area contributed by atoms with Gasteiger partial charge in [-0.05, 0) is 0 Å². The maximum atomic E-state index is 11.5. The topological polar surface area (TPSA) is 75.4 Å². The lowest BCUT2D eigenvalue weighted by atomic mass is 10.00. The highest BCUT2D eigenvalue weighted by Gasteiger charge is 2.44. The van der Waals surface area contributed by atoms with Crippen LogP contribution in [-0.4, -0.2) is 38.5 Å². The van der Waals surface area contributed by atoms with Crippen LogP contribution in [0, 0.1) is 5.92 Å². The van der Waals surface area contributed by atoms with Crippen molar-refractivity contribution in [2.24, 2.45) is 13.0 Å². The largest absolute Gasteiger partial charge is 0.481 e. The number of likely N-dealkylation sites (tertiary alicyclic amines) is 1. The van der Waals surface area contributed by atoms with Crippen LogP contribution in [-0.2, 0) is 16.6 Å². The Balaban J connectivity index is 2.40. The molecule has 6 nitrogen and oxygen atoms in total. The zero-order valence-corrected chi connectivity index (χ0v) is 9.12. The lowest BCUT2D eigenvalue weighted by Crippen LogP contribution is -2.29. The molecule has 1 aliphatic rings. The van der Waals surface area contributed by atoms with Crippen molar-refractivity contribution in [3.05, 3.63) is 18.2 Å². The third kappa shape index (κ3) is 1.46. The number of carboxylic acids is 1. The summed E-state index contributed by atoms with van der Waals surface area (Å²) in [4.78, 5) is 28.2. The minimum absolute atomic E-state index is 0.0450. The molecule has 0 radical (unpaired) electrons. The van der Waals surface area contributed by atoms with Gasteiger partial charge >= 0.3 is 5.97 Å². The van der Waals surface area contributed by atoms with E-state index in [0.29, 0.717) is 5.82 Å². The fourth-order valence-electron chi connectivity index (χ4n) is 2.11. The molecule has 1 fully saturated rings. The van der Waals surface area contributed by atoms with Gasteiger partial charge < -0.3 is 14.6 Å². The standard InChI is InChI=1S/C10H13N3O3/c1-12-4-3-11-9(12)8-6(10(15)16)5-7(14)13(8)2/h3-4,6,8H,5H2,1-2H3,(H,15,16)/t6-,8-/m0/s1. The van der Waals surface area contributed by atoms with Gasteiger partial charge in [0.25, 0.3) is 0 Å². The van der Waals surface area contributed by atoms with Crippen LogP contribution in [0.3, 0.4) is 0 Å². The number of carbonyl (C=O) groups excluding carboxylic acids is 1. The molecule has 0 aromatic carbocycles. The second-order valence-electron chi connectivity index (χ2n) is 3.99. The van der Waals surface area contributed by atoms with E-state index < -0.39 is 17.9 Å². The molecule has 2 rings (SSSR count). The molecule has 2 heterocycles. The molecule has 6 heteroatoms. The van der Waals surface area contributed by atoms with E-state index in [-0.39, 0.29) is 12.3 Å². The summed E-state index contributed by atoms with van der Waals surface area (Å²) in [5.41, 5.74) is 0. The number of carbonyl (C=O) groups is 2. The molecule has 1 aromatic rings. The van der Waals surface area contributed by atoms with Crippen molar-refractivity contribution in [2.45, 2.75) is 12.5 Å². The summed E-state index contributed by atoms with van der Waals surface area (Å²) in [6.07, 6.45) is 3.39. The summed E-state index contributed by atoms with van der Waals surface area (Å²) in [7, 11) is 3.41. The zero-order valence-electron chi connectivity index (χ0n) is 9.12. The van der Waals surface area contributed by atoms with E-state index in [1.54, 1.807) is 31.1 Å². The average Bonchev–Trinajstić information content (AvgIpc) is 2.73. The first-order valence-electron chi connectivity index (χ1n) is 4.98. The summed E-state index contributed by atoms with van der Waals surface area (Å²) in [6.45, 7) is 0. The number of nitrogens with zero attached hydrogens (tertiary/aromatic N) is 3. The van der Waals surface area contributed by atoms with Gasteiger partial charge in [0.2, 0.25) is 5.91 Å². The normalized spacial score (nSPS) is 25.1. The van der Waals surface area contributed by atoms with E-state index in [1.807, 2.05) is 0 Å². The van der Waals surface area contributed by atoms with Crippen molar-refractivity contribution in [3.63, 3.8) is 0 Å². The maximum Gasteiger partial charge on any atom is 0.309 e. The Labute approximate surface area is 92.5 Å². The Hall–Kier alpha value is -1.85. The van der Waals surface area contributed by atoms with Crippen LogP contribution in [0.4, 0.5) is 0 Å². The lowest BCUT2D eigenvalue weighted by molar-refractivity contribution is -0.142. The molecule has 0 unspecified atom stereocenters. The van der Waals surface area contributed by atoms with Crippen molar-refractivity contribution >= 4 is 11.9 Å². The highest BCUT2D eigenvalue weighted by molar-refractivity contribution is 5.86. The Morgan fingerprint density at radius 1 is 1.56 bits per heavy atom. The number of aromatic nitrogens is 2. The first-order chi connectivity index (χ1) is 7.52. The van der Waals surface area contributed by atoms with Crippen LogP contribution in [0.25, 0.3) is 0 Å². The van der Waals surface area contributed by atoms with Gasteiger partial charge in [-0.2, -0.15) is 0 Å². The molecule has 1 saturated heterocycles. The van der Waals surface area contributed by atoms with E-state index >= 15 is 0 Å². The molecule has 0 saturated carbocycles. The second kappa shape index (κ2) is 3.62. The molecule has 0 bridgehead atoms. The summed E-state index contributed by atoms with van der Waals surface area (Å²) in [6, 6.07) is -0.468. The third-order valence-corrected chi connectivity index (χ3v) is 3.03. The van der Waals surface area contributed by atoms with Crippen molar-refractivity contribution in [3.8, 4) is 0 Å². The summed E-state index contributed by atoms with van der Waals surface area (Å²) in [5.74, 6) is -1.20. The van der Waals surface area contributed by atoms with E-state index in [9.17, 15) is 9.59 Å². The highest BCUT2D eigenvalue weighted by atomic mass is 16.4. The molecule has 0 spiro atoms.